The zero-order valence-electron chi connectivity index (χ0n) is 24.9. The van der Waals surface area contributed by atoms with Crippen LogP contribution in [0.4, 0.5) is 0 Å². The number of ether oxygens (including phenoxy) is 1. The Kier molecular flexibility index (Phi) is 10.4. The van der Waals surface area contributed by atoms with Crippen molar-refractivity contribution in [3.8, 4) is 5.75 Å². The summed E-state index contributed by atoms with van der Waals surface area (Å²) in [4.78, 5) is 0. The Hall–Kier alpha value is -1.63. The van der Waals surface area contributed by atoms with Gasteiger partial charge in [0.15, 0.2) is 8.32 Å². The van der Waals surface area contributed by atoms with E-state index in [9.17, 15) is 0 Å². The molecule has 2 aromatic rings. The molecular formula is C32H52O2Si2. The highest BCUT2D eigenvalue weighted by atomic mass is 28.4. The maximum atomic E-state index is 6.27. The van der Waals surface area contributed by atoms with Gasteiger partial charge in [0.05, 0.1) is 14.7 Å². The lowest BCUT2D eigenvalue weighted by atomic mass is 10.00. The van der Waals surface area contributed by atoms with E-state index in [1.807, 2.05) is 0 Å². The molecule has 0 saturated carbocycles. The van der Waals surface area contributed by atoms with Crippen LogP contribution >= 0.6 is 0 Å². The molecular weight excluding hydrogens is 473 g/mol. The highest BCUT2D eigenvalue weighted by molar-refractivity contribution is 6.92. The lowest BCUT2D eigenvalue weighted by molar-refractivity contribution is 0.270. The molecule has 4 heteroatoms. The van der Waals surface area contributed by atoms with Gasteiger partial charge in [-0.3, -0.25) is 0 Å². The Morgan fingerprint density at radius 3 is 1.61 bits per heavy atom. The topological polar surface area (TPSA) is 18.5 Å². The molecule has 0 bridgehead atoms. The van der Waals surface area contributed by atoms with E-state index in [2.05, 4.69) is 123 Å². The summed E-state index contributed by atoms with van der Waals surface area (Å²) in [5.74, 6) is 0.932. The smallest absolute Gasteiger partial charge is 0.191 e. The zero-order chi connectivity index (χ0) is 27.2. The number of rotatable bonds is 12. The largest absolute Gasteiger partial charge is 0.494 e. The molecule has 0 aliphatic heterocycles. The molecule has 2 rings (SSSR count). The minimum atomic E-state index is -1.61. The van der Waals surface area contributed by atoms with Crippen molar-refractivity contribution >= 4 is 27.2 Å². The summed E-state index contributed by atoms with van der Waals surface area (Å²) in [6.07, 6.45) is 4.60. The van der Waals surface area contributed by atoms with Crippen molar-refractivity contribution in [3.05, 3.63) is 66.2 Å². The van der Waals surface area contributed by atoms with Gasteiger partial charge in [-0.15, -0.1) is 0 Å². The van der Waals surface area contributed by atoms with Crippen LogP contribution in [0, 0.1) is 0 Å². The maximum absolute atomic E-state index is 6.27. The first-order valence-electron chi connectivity index (χ1n) is 13.7. The van der Waals surface area contributed by atoms with Gasteiger partial charge in [0.25, 0.3) is 0 Å². The molecule has 0 N–H and O–H groups in total. The Balaban J connectivity index is 1.76. The second-order valence-corrected chi connectivity index (χ2v) is 23.5. The molecule has 2 aromatic carbocycles. The van der Waals surface area contributed by atoms with Crippen LogP contribution in [0.3, 0.4) is 0 Å². The van der Waals surface area contributed by atoms with Crippen LogP contribution in [0.1, 0.15) is 78.4 Å². The van der Waals surface area contributed by atoms with E-state index in [4.69, 9.17) is 9.16 Å². The van der Waals surface area contributed by atoms with Gasteiger partial charge in [0, 0.05) is 6.61 Å². The molecule has 0 saturated heterocycles. The van der Waals surface area contributed by atoms with Crippen molar-refractivity contribution in [2.24, 2.45) is 0 Å². The standard InChI is InChI=1S/C32H52O2Si2/c1-26(28-18-22-30(23-19-28)35(8,9)31(2,3)4)27-16-20-29(21-17-27)33-24-14-12-13-15-25-34-36(10,11)32(5,6)7/h16-23H,1,12-15,24-25H2,2-11H3. The van der Waals surface area contributed by atoms with E-state index in [0.29, 0.717) is 5.04 Å². The van der Waals surface area contributed by atoms with Crippen molar-refractivity contribution < 1.29 is 9.16 Å². The molecule has 0 atom stereocenters. The molecule has 0 unspecified atom stereocenters. The average molecular weight is 525 g/mol. The molecule has 0 amide bonds. The fraction of sp³-hybridized carbons (Fsp3) is 0.562. The van der Waals surface area contributed by atoms with Gasteiger partial charge in [-0.25, -0.2) is 0 Å². The third-order valence-corrected chi connectivity index (χ3v) is 18.7. The zero-order valence-corrected chi connectivity index (χ0v) is 26.9. The van der Waals surface area contributed by atoms with Crippen molar-refractivity contribution in [1.29, 1.82) is 0 Å². The first kappa shape index (κ1) is 30.6. The predicted molar refractivity (Wildman–Crippen MR) is 165 cm³/mol. The normalized spacial score (nSPS) is 13.1. The SMILES string of the molecule is C=C(c1ccc(OCCCCCCO[Si](C)(C)C(C)(C)C)cc1)c1ccc([Si](C)(C)C(C)(C)C)cc1. The van der Waals surface area contributed by atoms with E-state index in [1.165, 1.54) is 23.6 Å². The Morgan fingerprint density at radius 2 is 1.14 bits per heavy atom. The Morgan fingerprint density at radius 1 is 0.667 bits per heavy atom. The Bertz CT molecular complexity index is 959. The molecule has 0 heterocycles. The third kappa shape index (κ3) is 8.19. The van der Waals surface area contributed by atoms with Crippen LogP contribution in [0.15, 0.2) is 55.1 Å². The van der Waals surface area contributed by atoms with Gasteiger partial charge >= 0.3 is 0 Å². The summed E-state index contributed by atoms with van der Waals surface area (Å²) in [5, 5.41) is 2.12. The van der Waals surface area contributed by atoms with E-state index in [1.54, 1.807) is 0 Å². The minimum Gasteiger partial charge on any atom is -0.494 e. The summed E-state index contributed by atoms with van der Waals surface area (Å²) < 4.78 is 12.3. The van der Waals surface area contributed by atoms with Crippen LogP contribution in [0.25, 0.3) is 5.57 Å². The Labute approximate surface area is 224 Å². The number of hydrogen-bond donors (Lipinski definition) is 0. The van der Waals surface area contributed by atoms with Gasteiger partial charge in [0.1, 0.15) is 5.75 Å². The molecule has 0 aliphatic carbocycles. The molecule has 36 heavy (non-hydrogen) atoms. The van der Waals surface area contributed by atoms with Crippen molar-refractivity contribution in [1.82, 2.24) is 0 Å². The number of benzene rings is 2. The number of unbranched alkanes of at least 4 members (excludes halogenated alkanes) is 3. The molecule has 0 aromatic heterocycles. The first-order chi connectivity index (χ1) is 16.6. The van der Waals surface area contributed by atoms with E-state index >= 15 is 0 Å². The highest BCUT2D eigenvalue weighted by Crippen LogP contribution is 2.37. The quantitative estimate of drug-likeness (QED) is 0.203. The van der Waals surface area contributed by atoms with Crippen LogP contribution in [-0.2, 0) is 4.43 Å². The van der Waals surface area contributed by atoms with Crippen molar-refractivity contribution in [2.45, 2.75) is 103 Å². The second-order valence-electron chi connectivity index (χ2n) is 13.3. The van der Waals surface area contributed by atoms with Crippen LogP contribution in [0.2, 0.25) is 36.3 Å². The second kappa shape index (κ2) is 12.3. The summed E-state index contributed by atoms with van der Waals surface area (Å²) >= 11 is 0. The van der Waals surface area contributed by atoms with E-state index < -0.39 is 16.4 Å². The van der Waals surface area contributed by atoms with E-state index in [-0.39, 0.29) is 5.04 Å². The summed E-state index contributed by atoms with van der Waals surface area (Å²) in [7, 11) is -3.12. The molecule has 200 valence electrons. The van der Waals surface area contributed by atoms with Crippen molar-refractivity contribution in [3.63, 3.8) is 0 Å². The minimum absolute atomic E-state index is 0.290. The van der Waals surface area contributed by atoms with Crippen LogP contribution < -0.4 is 9.92 Å². The lowest BCUT2D eigenvalue weighted by Gasteiger charge is -2.37. The molecule has 0 fully saturated rings. The molecule has 2 nitrogen and oxygen atoms in total. The summed E-state index contributed by atoms with van der Waals surface area (Å²) in [6, 6.07) is 17.5. The van der Waals surface area contributed by atoms with Crippen LogP contribution in [-0.4, -0.2) is 29.6 Å². The third-order valence-electron chi connectivity index (χ3n) is 8.61. The van der Waals surface area contributed by atoms with Gasteiger partial charge < -0.3 is 9.16 Å². The van der Waals surface area contributed by atoms with E-state index in [0.717, 1.165) is 42.9 Å². The fourth-order valence-corrected chi connectivity index (χ4v) is 6.69. The molecule has 0 radical (unpaired) electrons. The number of hydrogen-bond acceptors (Lipinski definition) is 2. The predicted octanol–water partition coefficient (Wildman–Crippen LogP) is 9.42. The monoisotopic (exact) mass is 524 g/mol. The lowest BCUT2D eigenvalue weighted by Crippen LogP contribution is -2.49. The van der Waals surface area contributed by atoms with Crippen molar-refractivity contribution in [2.75, 3.05) is 13.2 Å². The summed E-state index contributed by atoms with van der Waals surface area (Å²) in [5.41, 5.74) is 3.39. The van der Waals surface area contributed by atoms with Gasteiger partial charge in [0.2, 0.25) is 0 Å². The highest BCUT2D eigenvalue weighted by Gasteiger charge is 2.37. The van der Waals surface area contributed by atoms with Gasteiger partial charge in [-0.2, -0.15) is 0 Å². The van der Waals surface area contributed by atoms with Crippen LogP contribution in [0.5, 0.6) is 5.75 Å². The van der Waals surface area contributed by atoms with Gasteiger partial charge in [-0.05, 0) is 71.3 Å². The maximum Gasteiger partial charge on any atom is 0.191 e. The fourth-order valence-electron chi connectivity index (χ4n) is 3.73. The van der Waals surface area contributed by atoms with Gasteiger partial charge in [-0.1, -0.05) is 109 Å². The molecule has 0 spiro atoms. The molecule has 0 aliphatic rings. The first-order valence-corrected chi connectivity index (χ1v) is 19.6. The average Bonchev–Trinajstić information content (AvgIpc) is 2.79. The summed E-state index contributed by atoms with van der Waals surface area (Å²) in [6.45, 7) is 29.6.